The zero-order valence-electron chi connectivity index (χ0n) is 14.6. The van der Waals surface area contributed by atoms with Gasteiger partial charge < -0.3 is 10.3 Å². The summed E-state index contributed by atoms with van der Waals surface area (Å²) >= 11 is 0. The van der Waals surface area contributed by atoms with Crippen molar-refractivity contribution in [1.29, 1.82) is 0 Å². The molecule has 0 bridgehead atoms. The van der Waals surface area contributed by atoms with Gasteiger partial charge in [0.2, 0.25) is 0 Å². The monoisotopic (exact) mass is 400 g/mol. The second kappa shape index (κ2) is 7.01. The molecule has 146 valence electrons. The molecule has 0 saturated heterocycles. The summed E-state index contributed by atoms with van der Waals surface area (Å²) in [5.41, 5.74) is -0.282. The van der Waals surface area contributed by atoms with Crippen LogP contribution in [0.1, 0.15) is 15.9 Å². The van der Waals surface area contributed by atoms with Gasteiger partial charge in [-0.05, 0) is 42.5 Å². The van der Waals surface area contributed by atoms with Gasteiger partial charge >= 0.3 is 6.18 Å². The lowest BCUT2D eigenvalue weighted by Crippen LogP contribution is -2.12. The Hall–Kier alpha value is -3.75. The van der Waals surface area contributed by atoms with Gasteiger partial charge in [0.1, 0.15) is 17.2 Å². The number of carbonyl (C=O) groups is 1. The zero-order valence-corrected chi connectivity index (χ0v) is 14.6. The summed E-state index contributed by atoms with van der Waals surface area (Å²) in [7, 11) is 0. The number of amides is 1. The van der Waals surface area contributed by atoms with Gasteiger partial charge in [0, 0.05) is 23.6 Å². The SMILES string of the molecule is O=C(Nc1ccncc1)c1cccc2[nH]c(-c3cc(F)ccc3C(F)(F)F)nc12. The van der Waals surface area contributed by atoms with E-state index in [2.05, 4.69) is 20.3 Å². The molecule has 29 heavy (non-hydrogen) atoms. The molecule has 5 nitrogen and oxygen atoms in total. The summed E-state index contributed by atoms with van der Waals surface area (Å²) in [6.45, 7) is 0. The Morgan fingerprint density at radius 2 is 1.79 bits per heavy atom. The molecule has 4 rings (SSSR count). The molecule has 2 N–H and O–H groups in total. The van der Waals surface area contributed by atoms with Gasteiger partial charge in [-0.1, -0.05) is 6.07 Å². The second-order valence-electron chi connectivity index (χ2n) is 6.16. The van der Waals surface area contributed by atoms with Crippen molar-refractivity contribution in [3.05, 3.63) is 77.9 Å². The van der Waals surface area contributed by atoms with Crippen LogP contribution < -0.4 is 5.32 Å². The number of nitrogens with zero attached hydrogens (tertiary/aromatic N) is 2. The van der Waals surface area contributed by atoms with E-state index in [1.807, 2.05) is 0 Å². The number of alkyl halides is 3. The maximum Gasteiger partial charge on any atom is 0.417 e. The van der Waals surface area contributed by atoms with E-state index in [9.17, 15) is 22.4 Å². The highest BCUT2D eigenvalue weighted by atomic mass is 19.4. The van der Waals surface area contributed by atoms with Crippen molar-refractivity contribution >= 4 is 22.6 Å². The number of para-hydroxylation sites is 1. The Balaban J connectivity index is 1.80. The molecule has 0 aliphatic rings. The number of pyridine rings is 1. The molecule has 0 saturated carbocycles. The third-order valence-corrected chi connectivity index (χ3v) is 4.24. The van der Waals surface area contributed by atoms with Crippen molar-refractivity contribution in [2.45, 2.75) is 6.18 Å². The lowest BCUT2D eigenvalue weighted by molar-refractivity contribution is -0.137. The van der Waals surface area contributed by atoms with Crippen LogP contribution in [0.15, 0.2) is 60.9 Å². The van der Waals surface area contributed by atoms with Crippen LogP contribution in [0.2, 0.25) is 0 Å². The zero-order chi connectivity index (χ0) is 20.6. The van der Waals surface area contributed by atoms with E-state index in [1.54, 1.807) is 24.3 Å². The molecule has 1 amide bonds. The summed E-state index contributed by atoms with van der Waals surface area (Å²) in [6, 6.07) is 9.99. The van der Waals surface area contributed by atoms with E-state index in [-0.39, 0.29) is 16.9 Å². The Kier molecular flexibility index (Phi) is 4.50. The van der Waals surface area contributed by atoms with E-state index in [4.69, 9.17) is 0 Å². The smallest absolute Gasteiger partial charge is 0.338 e. The van der Waals surface area contributed by atoms with Crippen LogP contribution >= 0.6 is 0 Å². The molecule has 4 aromatic rings. The lowest BCUT2D eigenvalue weighted by Gasteiger charge is -2.11. The molecule has 0 aliphatic heterocycles. The summed E-state index contributed by atoms with van der Waals surface area (Å²) in [5.74, 6) is -1.50. The van der Waals surface area contributed by atoms with Crippen molar-refractivity contribution in [3.8, 4) is 11.4 Å². The number of fused-ring (bicyclic) bond motifs is 1. The highest BCUT2D eigenvalue weighted by molar-refractivity contribution is 6.11. The Bertz CT molecular complexity index is 1200. The molecule has 2 aromatic carbocycles. The highest BCUT2D eigenvalue weighted by Crippen LogP contribution is 2.37. The van der Waals surface area contributed by atoms with Crippen molar-refractivity contribution in [1.82, 2.24) is 15.0 Å². The number of hydrogen-bond donors (Lipinski definition) is 2. The molecule has 0 atom stereocenters. The number of aromatic amines is 1. The fourth-order valence-electron chi connectivity index (χ4n) is 2.94. The van der Waals surface area contributed by atoms with Gasteiger partial charge in [-0.25, -0.2) is 9.37 Å². The average molecular weight is 400 g/mol. The first-order valence-corrected chi connectivity index (χ1v) is 8.40. The van der Waals surface area contributed by atoms with E-state index < -0.39 is 29.0 Å². The first kappa shape index (κ1) is 18.6. The molecule has 0 spiro atoms. The van der Waals surface area contributed by atoms with Crippen LogP contribution in [0.3, 0.4) is 0 Å². The number of carbonyl (C=O) groups excluding carboxylic acids is 1. The third-order valence-electron chi connectivity index (χ3n) is 4.24. The van der Waals surface area contributed by atoms with E-state index in [0.29, 0.717) is 17.3 Å². The molecular weight excluding hydrogens is 388 g/mol. The normalized spacial score (nSPS) is 11.6. The maximum absolute atomic E-state index is 13.6. The van der Waals surface area contributed by atoms with Gasteiger partial charge in [0.15, 0.2) is 0 Å². The van der Waals surface area contributed by atoms with E-state index in [0.717, 1.165) is 12.1 Å². The minimum absolute atomic E-state index is 0.159. The van der Waals surface area contributed by atoms with Gasteiger partial charge in [0.25, 0.3) is 5.91 Å². The topological polar surface area (TPSA) is 70.7 Å². The quantitative estimate of drug-likeness (QED) is 0.474. The molecule has 0 fully saturated rings. The average Bonchev–Trinajstić information content (AvgIpc) is 3.12. The number of benzene rings is 2. The number of rotatable bonds is 3. The molecule has 0 radical (unpaired) electrons. The van der Waals surface area contributed by atoms with Crippen LogP contribution in [-0.4, -0.2) is 20.9 Å². The minimum atomic E-state index is -4.69. The minimum Gasteiger partial charge on any atom is -0.338 e. The fraction of sp³-hybridized carbons (Fsp3) is 0.0500. The molecular formula is C20H12F4N4O. The molecule has 9 heteroatoms. The lowest BCUT2D eigenvalue weighted by atomic mass is 10.1. The number of anilines is 1. The number of H-pyrrole nitrogens is 1. The van der Waals surface area contributed by atoms with Crippen molar-refractivity contribution in [2.24, 2.45) is 0 Å². The van der Waals surface area contributed by atoms with Crippen LogP contribution in [-0.2, 0) is 6.18 Å². The summed E-state index contributed by atoms with van der Waals surface area (Å²) in [5, 5.41) is 2.67. The number of hydrogen-bond acceptors (Lipinski definition) is 3. The largest absolute Gasteiger partial charge is 0.417 e. The predicted octanol–water partition coefficient (Wildman–Crippen LogP) is 5.04. The van der Waals surface area contributed by atoms with Crippen molar-refractivity contribution in [3.63, 3.8) is 0 Å². The number of halogens is 4. The molecule has 2 heterocycles. The number of aromatic nitrogens is 3. The van der Waals surface area contributed by atoms with Gasteiger partial charge in [-0.2, -0.15) is 13.2 Å². The second-order valence-corrected chi connectivity index (χ2v) is 6.16. The van der Waals surface area contributed by atoms with Crippen LogP contribution in [0.4, 0.5) is 23.2 Å². The van der Waals surface area contributed by atoms with Gasteiger partial charge in [-0.3, -0.25) is 9.78 Å². The number of nitrogens with one attached hydrogen (secondary N) is 2. The van der Waals surface area contributed by atoms with Crippen LogP contribution in [0, 0.1) is 5.82 Å². The molecule has 0 unspecified atom stereocenters. The summed E-state index contributed by atoms with van der Waals surface area (Å²) in [6.07, 6.45) is -1.68. The highest BCUT2D eigenvalue weighted by Gasteiger charge is 2.34. The number of imidazole rings is 1. The fourth-order valence-corrected chi connectivity index (χ4v) is 2.94. The summed E-state index contributed by atoms with van der Waals surface area (Å²) in [4.78, 5) is 23.4. The molecule has 0 aliphatic carbocycles. The standard InChI is InChI=1S/C20H12F4N4O/c21-11-4-5-15(20(22,23)24)14(10-11)18-27-16-3-1-2-13(17(16)28-18)19(29)26-12-6-8-25-9-7-12/h1-10H,(H,27,28)(H,25,26,29). The van der Waals surface area contributed by atoms with Gasteiger partial charge in [0.05, 0.1) is 16.6 Å². The van der Waals surface area contributed by atoms with Crippen LogP contribution in [0.25, 0.3) is 22.4 Å². The van der Waals surface area contributed by atoms with Crippen molar-refractivity contribution < 1.29 is 22.4 Å². The third kappa shape index (κ3) is 3.66. The molecule has 2 aromatic heterocycles. The Labute approximate surface area is 161 Å². The van der Waals surface area contributed by atoms with Crippen LogP contribution in [0.5, 0.6) is 0 Å². The van der Waals surface area contributed by atoms with E-state index >= 15 is 0 Å². The van der Waals surface area contributed by atoms with Crippen molar-refractivity contribution in [2.75, 3.05) is 5.32 Å². The Morgan fingerprint density at radius 1 is 1.03 bits per heavy atom. The summed E-state index contributed by atoms with van der Waals surface area (Å²) < 4.78 is 53.7. The first-order chi connectivity index (χ1) is 13.8. The predicted molar refractivity (Wildman–Crippen MR) is 98.7 cm³/mol. The Morgan fingerprint density at radius 3 is 2.52 bits per heavy atom. The van der Waals surface area contributed by atoms with E-state index in [1.165, 1.54) is 18.5 Å². The van der Waals surface area contributed by atoms with Gasteiger partial charge in [-0.15, -0.1) is 0 Å². The first-order valence-electron chi connectivity index (χ1n) is 8.40. The maximum atomic E-state index is 13.6.